The summed E-state index contributed by atoms with van der Waals surface area (Å²) in [6, 6.07) is 7.10. The standard InChI is InChI=1S/C13H14N2O2/c1-8-4-5-11(6-9(8)2)17-13-7-12(16)14-10(3)15-13/h4-7H,1-3H3,(H,14,15,16). The molecule has 88 valence electrons. The van der Waals surface area contributed by atoms with Crippen LogP contribution in [0.25, 0.3) is 0 Å². The first kappa shape index (κ1) is 11.4. The lowest BCUT2D eigenvalue weighted by Crippen LogP contribution is -2.08. The second-order valence-electron chi connectivity index (χ2n) is 4.02. The van der Waals surface area contributed by atoms with E-state index in [1.807, 2.05) is 32.0 Å². The van der Waals surface area contributed by atoms with Gasteiger partial charge < -0.3 is 9.72 Å². The molecular formula is C13H14N2O2. The van der Waals surface area contributed by atoms with E-state index in [0.29, 0.717) is 17.5 Å². The van der Waals surface area contributed by atoms with E-state index in [2.05, 4.69) is 9.97 Å². The van der Waals surface area contributed by atoms with Crippen molar-refractivity contribution < 1.29 is 4.74 Å². The number of hydrogen-bond acceptors (Lipinski definition) is 3. The average molecular weight is 230 g/mol. The van der Waals surface area contributed by atoms with E-state index in [1.165, 1.54) is 11.6 Å². The Balaban J connectivity index is 2.31. The van der Waals surface area contributed by atoms with Crippen LogP contribution in [0.3, 0.4) is 0 Å². The van der Waals surface area contributed by atoms with E-state index >= 15 is 0 Å². The summed E-state index contributed by atoms with van der Waals surface area (Å²) in [6.07, 6.45) is 0. The largest absolute Gasteiger partial charge is 0.439 e. The molecule has 2 rings (SSSR count). The van der Waals surface area contributed by atoms with Crippen molar-refractivity contribution in [2.75, 3.05) is 0 Å². The summed E-state index contributed by atoms with van der Waals surface area (Å²) < 4.78 is 5.54. The SMILES string of the molecule is Cc1nc(Oc2ccc(C)c(C)c2)cc(=O)[nH]1. The van der Waals surface area contributed by atoms with Gasteiger partial charge in [0.2, 0.25) is 5.88 Å². The van der Waals surface area contributed by atoms with E-state index in [4.69, 9.17) is 4.74 Å². The van der Waals surface area contributed by atoms with Crippen LogP contribution in [-0.2, 0) is 0 Å². The lowest BCUT2D eigenvalue weighted by Gasteiger charge is -2.07. The van der Waals surface area contributed by atoms with Gasteiger partial charge in [0, 0.05) is 0 Å². The molecule has 0 saturated heterocycles. The molecule has 1 N–H and O–H groups in total. The molecule has 0 aliphatic heterocycles. The fourth-order valence-electron chi connectivity index (χ4n) is 1.50. The predicted octanol–water partition coefficient (Wildman–Crippen LogP) is 2.49. The first-order valence-corrected chi connectivity index (χ1v) is 5.37. The molecule has 0 fully saturated rings. The summed E-state index contributed by atoms with van der Waals surface area (Å²) in [6.45, 7) is 5.77. The van der Waals surface area contributed by atoms with Crippen LogP contribution in [-0.4, -0.2) is 9.97 Å². The van der Waals surface area contributed by atoms with Crippen LogP contribution in [0, 0.1) is 20.8 Å². The third kappa shape index (κ3) is 2.72. The molecule has 1 aromatic carbocycles. The van der Waals surface area contributed by atoms with E-state index in [9.17, 15) is 4.79 Å². The summed E-state index contributed by atoms with van der Waals surface area (Å²) >= 11 is 0. The van der Waals surface area contributed by atoms with Crippen molar-refractivity contribution >= 4 is 0 Å². The van der Waals surface area contributed by atoms with E-state index in [0.717, 1.165) is 5.56 Å². The van der Waals surface area contributed by atoms with Crippen LogP contribution in [0.15, 0.2) is 29.1 Å². The number of benzene rings is 1. The van der Waals surface area contributed by atoms with Crippen molar-refractivity contribution in [3.8, 4) is 11.6 Å². The molecule has 4 nitrogen and oxygen atoms in total. The number of aromatic nitrogens is 2. The molecule has 2 aromatic rings. The van der Waals surface area contributed by atoms with Gasteiger partial charge in [-0.25, -0.2) is 4.98 Å². The van der Waals surface area contributed by atoms with Crippen molar-refractivity contribution in [2.45, 2.75) is 20.8 Å². The highest BCUT2D eigenvalue weighted by atomic mass is 16.5. The van der Waals surface area contributed by atoms with Crippen LogP contribution >= 0.6 is 0 Å². The molecule has 0 amide bonds. The Morgan fingerprint density at radius 3 is 2.53 bits per heavy atom. The maximum Gasteiger partial charge on any atom is 0.254 e. The minimum absolute atomic E-state index is 0.212. The Bertz CT molecular complexity index is 603. The number of nitrogens with one attached hydrogen (secondary N) is 1. The highest BCUT2D eigenvalue weighted by molar-refractivity contribution is 5.35. The van der Waals surface area contributed by atoms with E-state index in [-0.39, 0.29) is 5.56 Å². The maximum atomic E-state index is 11.2. The molecule has 0 spiro atoms. The highest BCUT2D eigenvalue weighted by Gasteiger charge is 2.02. The number of aryl methyl sites for hydroxylation is 3. The number of rotatable bonds is 2. The summed E-state index contributed by atoms with van der Waals surface area (Å²) in [5.74, 6) is 1.54. The van der Waals surface area contributed by atoms with Gasteiger partial charge >= 0.3 is 0 Å². The molecule has 0 unspecified atom stereocenters. The Kier molecular flexibility index (Phi) is 2.95. The van der Waals surface area contributed by atoms with Gasteiger partial charge in [0.1, 0.15) is 11.6 Å². The van der Waals surface area contributed by atoms with Crippen LogP contribution in [0.4, 0.5) is 0 Å². The van der Waals surface area contributed by atoms with Crippen molar-refractivity contribution in [1.82, 2.24) is 9.97 Å². The van der Waals surface area contributed by atoms with Crippen molar-refractivity contribution in [3.63, 3.8) is 0 Å². The zero-order valence-corrected chi connectivity index (χ0v) is 10.1. The number of hydrogen-bond donors (Lipinski definition) is 1. The molecule has 1 heterocycles. The molecule has 17 heavy (non-hydrogen) atoms. The van der Waals surface area contributed by atoms with Gasteiger partial charge in [-0.1, -0.05) is 6.07 Å². The van der Waals surface area contributed by atoms with Crippen LogP contribution in [0.1, 0.15) is 17.0 Å². The number of ether oxygens (including phenoxy) is 1. The molecule has 1 aromatic heterocycles. The Hall–Kier alpha value is -2.10. The normalized spacial score (nSPS) is 10.3. The third-order valence-electron chi connectivity index (χ3n) is 2.54. The zero-order chi connectivity index (χ0) is 12.4. The molecule has 0 radical (unpaired) electrons. The smallest absolute Gasteiger partial charge is 0.254 e. The topological polar surface area (TPSA) is 55.0 Å². The molecule has 0 aliphatic carbocycles. The van der Waals surface area contributed by atoms with Crippen molar-refractivity contribution in [1.29, 1.82) is 0 Å². The maximum absolute atomic E-state index is 11.2. The molecular weight excluding hydrogens is 216 g/mol. The lowest BCUT2D eigenvalue weighted by molar-refractivity contribution is 0.458. The quantitative estimate of drug-likeness (QED) is 0.862. The molecule has 4 heteroatoms. The monoisotopic (exact) mass is 230 g/mol. The predicted molar refractivity (Wildman–Crippen MR) is 65.6 cm³/mol. The Labute approximate surface area is 99.3 Å². The molecule has 0 atom stereocenters. The minimum atomic E-state index is -0.212. The summed E-state index contributed by atoms with van der Waals surface area (Å²) in [7, 11) is 0. The van der Waals surface area contributed by atoms with Gasteiger partial charge in [-0.15, -0.1) is 0 Å². The van der Waals surface area contributed by atoms with Crippen molar-refractivity contribution in [2.24, 2.45) is 0 Å². The molecule has 0 aliphatic rings. The van der Waals surface area contributed by atoms with Crippen LogP contribution in [0.2, 0.25) is 0 Å². The average Bonchev–Trinajstić information content (AvgIpc) is 2.22. The molecule has 0 bridgehead atoms. The lowest BCUT2D eigenvalue weighted by atomic mass is 10.1. The Morgan fingerprint density at radius 1 is 1.12 bits per heavy atom. The number of nitrogens with zero attached hydrogens (tertiary/aromatic N) is 1. The van der Waals surface area contributed by atoms with E-state index < -0.39 is 0 Å². The highest BCUT2D eigenvalue weighted by Crippen LogP contribution is 2.21. The third-order valence-corrected chi connectivity index (χ3v) is 2.54. The summed E-state index contributed by atoms with van der Waals surface area (Å²) in [5, 5.41) is 0. The fraction of sp³-hybridized carbons (Fsp3) is 0.231. The Morgan fingerprint density at radius 2 is 1.88 bits per heavy atom. The van der Waals surface area contributed by atoms with Gasteiger partial charge in [0.05, 0.1) is 6.07 Å². The van der Waals surface area contributed by atoms with Gasteiger partial charge in [-0.05, 0) is 44.0 Å². The summed E-state index contributed by atoms with van der Waals surface area (Å²) in [4.78, 5) is 17.9. The fourth-order valence-corrected chi connectivity index (χ4v) is 1.50. The minimum Gasteiger partial charge on any atom is -0.439 e. The van der Waals surface area contributed by atoms with Crippen molar-refractivity contribution in [3.05, 3.63) is 51.6 Å². The van der Waals surface area contributed by atoms with Gasteiger partial charge in [-0.2, -0.15) is 0 Å². The van der Waals surface area contributed by atoms with Gasteiger partial charge in [0.15, 0.2) is 0 Å². The zero-order valence-electron chi connectivity index (χ0n) is 10.1. The van der Waals surface area contributed by atoms with Gasteiger partial charge in [-0.3, -0.25) is 4.79 Å². The van der Waals surface area contributed by atoms with Gasteiger partial charge in [0.25, 0.3) is 5.56 Å². The van der Waals surface area contributed by atoms with Crippen LogP contribution in [0.5, 0.6) is 11.6 Å². The number of aromatic amines is 1. The molecule has 0 saturated carbocycles. The number of H-pyrrole nitrogens is 1. The van der Waals surface area contributed by atoms with Crippen LogP contribution < -0.4 is 10.3 Å². The van der Waals surface area contributed by atoms with E-state index in [1.54, 1.807) is 6.92 Å². The first-order chi connectivity index (χ1) is 8.04. The second kappa shape index (κ2) is 4.41. The summed E-state index contributed by atoms with van der Waals surface area (Å²) in [5.41, 5.74) is 2.13. The second-order valence-corrected chi connectivity index (χ2v) is 4.02. The first-order valence-electron chi connectivity index (χ1n) is 5.37.